The quantitative estimate of drug-likeness (QED) is 0.566. The highest BCUT2D eigenvalue weighted by Crippen LogP contribution is 2.25. The standard InChI is InChI=1S/C18H26N4O2S/c1-5-12-6-8-14(9-7-12)22-11-13(10-15(22)23)16(24)20-21-17(25)19-18(2,3)4/h6-9,13H,5,10-11H2,1-4H3,(H,20,24)(H2,19,21,25)/t13-/m0/s1. The van der Waals surface area contributed by atoms with Gasteiger partial charge in [-0.3, -0.25) is 20.4 Å². The van der Waals surface area contributed by atoms with Crippen molar-refractivity contribution >= 4 is 34.8 Å². The Morgan fingerprint density at radius 1 is 1.24 bits per heavy atom. The number of nitrogens with zero attached hydrogens (tertiary/aromatic N) is 1. The number of rotatable bonds is 3. The topological polar surface area (TPSA) is 73.5 Å². The Morgan fingerprint density at radius 2 is 1.88 bits per heavy atom. The molecule has 0 bridgehead atoms. The number of carbonyl (C=O) groups is 2. The van der Waals surface area contributed by atoms with Gasteiger partial charge in [-0.15, -0.1) is 0 Å². The van der Waals surface area contributed by atoms with Gasteiger partial charge in [0, 0.05) is 24.2 Å². The number of thiocarbonyl (C=S) groups is 1. The Labute approximate surface area is 154 Å². The van der Waals surface area contributed by atoms with E-state index in [0.29, 0.717) is 11.7 Å². The Kier molecular flexibility index (Phi) is 6.00. The molecule has 0 unspecified atom stereocenters. The van der Waals surface area contributed by atoms with Crippen molar-refractivity contribution in [2.45, 2.75) is 46.1 Å². The number of carbonyl (C=O) groups excluding carboxylic acids is 2. The van der Waals surface area contributed by atoms with Gasteiger partial charge in [0.2, 0.25) is 11.8 Å². The van der Waals surface area contributed by atoms with E-state index in [1.165, 1.54) is 5.56 Å². The van der Waals surface area contributed by atoms with Crippen molar-refractivity contribution < 1.29 is 9.59 Å². The van der Waals surface area contributed by atoms with Crippen LogP contribution >= 0.6 is 12.2 Å². The minimum Gasteiger partial charge on any atom is -0.357 e. The van der Waals surface area contributed by atoms with E-state index in [4.69, 9.17) is 12.2 Å². The first-order valence-electron chi connectivity index (χ1n) is 8.47. The van der Waals surface area contributed by atoms with Crippen molar-refractivity contribution in [1.82, 2.24) is 16.2 Å². The summed E-state index contributed by atoms with van der Waals surface area (Å²) in [5.74, 6) is -0.679. The fraction of sp³-hybridized carbons (Fsp3) is 0.500. The highest BCUT2D eigenvalue weighted by Gasteiger charge is 2.35. The van der Waals surface area contributed by atoms with Crippen molar-refractivity contribution in [3.63, 3.8) is 0 Å². The maximum Gasteiger partial charge on any atom is 0.243 e. The van der Waals surface area contributed by atoms with Crippen LogP contribution in [-0.2, 0) is 16.0 Å². The van der Waals surface area contributed by atoms with Crippen LogP contribution in [0.1, 0.15) is 39.7 Å². The average Bonchev–Trinajstić information content (AvgIpc) is 2.93. The zero-order chi connectivity index (χ0) is 18.6. The summed E-state index contributed by atoms with van der Waals surface area (Å²) in [7, 11) is 0. The van der Waals surface area contributed by atoms with Crippen LogP contribution in [0, 0.1) is 5.92 Å². The van der Waals surface area contributed by atoms with Crippen LogP contribution in [0.2, 0.25) is 0 Å². The van der Waals surface area contributed by atoms with Gasteiger partial charge in [-0.2, -0.15) is 0 Å². The Morgan fingerprint density at radius 3 is 2.44 bits per heavy atom. The van der Waals surface area contributed by atoms with E-state index in [9.17, 15) is 9.59 Å². The van der Waals surface area contributed by atoms with Crippen molar-refractivity contribution in [1.29, 1.82) is 0 Å². The number of benzene rings is 1. The molecule has 0 saturated carbocycles. The van der Waals surface area contributed by atoms with E-state index in [1.54, 1.807) is 4.90 Å². The first-order valence-corrected chi connectivity index (χ1v) is 8.87. The summed E-state index contributed by atoms with van der Waals surface area (Å²) in [5.41, 5.74) is 7.13. The molecule has 0 radical (unpaired) electrons. The van der Waals surface area contributed by atoms with Gasteiger partial charge in [-0.25, -0.2) is 0 Å². The summed E-state index contributed by atoms with van der Waals surface area (Å²) in [6.07, 6.45) is 1.15. The predicted octanol–water partition coefficient (Wildman–Crippen LogP) is 1.90. The molecule has 25 heavy (non-hydrogen) atoms. The van der Waals surface area contributed by atoms with Crippen LogP contribution < -0.4 is 21.1 Å². The molecular weight excluding hydrogens is 336 g/mol. The van der Waals surface area contributed by atoms with Crippen molar-refractivity contribution in [3.05, 3.63) is 29.8 Å². The minimum atomic E-state index is -0.400. The van der Waals surface area contributed by atoms with Crippen LogP contribution in [0.3, 0.4) is 0 Å². The highest BCUT2D eigenvalue weighted by atomic mass is 32.1. The third-order valence-corrected chi connectivity index (χ3v) is 4.14. The first-order chi connectivity index (χ1) is 11.7. The second-order valence-corrected chi connectivity index (χ2v) is 7.65. The number of aryl methyl sites for hydroxylation is 1. The number of nitrogens with one attached hydrogen (secondary N) is 3. The van der Waals surface area contributed by atoms with Crippen LogP contribution in [-0.4, -0.2) is 29.0 Å². The largest absolute Gasteiger partial charge is 0.357 e. The summed E-state index contributed by atoms with van der Waals surface area (Å²) >= 11 is 5.13. The Hall–Kier alpha value is -2.15. The van der Waals surface area contributed by atoms with Crippen LogP contribution in [0.15, 0.2) is 24.3 Å². The number of hydrogen-bond donors (Lipinski definition) is 3. The van der Waals surface area contributed by atoms with E-state index in [1.807, 2.05) is 45.0 Å². The number of amides is 2. The monoisotopic (exact) mass is 362 g/mol. The van der Waals surface area contributed by atoms with E-state index in [0.717, 1.165) is 12.1 Å². The number of hydrogen-bond acceptors (Lipinski definition) is 3. The molecule has 1 aliphatic rings. The van der Waals surface area contributed by atoms with Gasteiger partial charge in [0.15, 0.2) is 5.11 Å². The molecule has 7 heteroatoms. The summed E-state index contributed by atoms with van der Waals surface area (Å²) < 4.78 is 0. The maximum atomic E-state index is 12.3. The molecule has 1 atom stereocenters. The van der Waals surface area contributed by atoms with Crippen LogP contribution in [0.25, 0.3) is 0 Å². The summed E-state index contributed by atoms with van der Waals surface area (Å²) in [4.78, 5) is 26.2. The molecule has 0 aromatic heterocycles. The van der Waals surface area contributed by atoms with Crippen LogP contribution in [0.5, 0.6) is 0 Å². The van der Waals surface area contributed by atoms with Gasteiger partial charge >= 0.3 is 0 Å². The minimum absolute atomic E-state index is 0.0419. The van der Waals surface area contributed by atoms with Crippen molar-refractivity contribution in [2.24, 2.45) is 5.92 Å². The second-order valence-electron chi connectivity index (χ2n) is 7.24. The molecule has 1 aromatic carbocycles. The molecule has 2 rings (SSSR count). The predicted molar refractivity (Wildman–Crippen MR) is 103 cm³/mol. The van der Waals surface area contributed by atoms with E-state index in [2.05, 4.69) is 23.1 Å². The maximum absolute atomic E-state index is 12.3. The van der Waals surface area contributed by atoms with Crippen molar-refractivity contribution in [2.75, 3.05) is 11.4 Å². The Balaban J connectivity index is 1.90. The van der Waals surface area contributed by atoms with Crippen molar-refractivity contribution in [3.8, 4) is 0 Å². The van der Waals surface area contributed by atoms with E-state index < -0.39 is 5.92 Å². The van der Waals surface area contributed by atoms with Gasteiger partial charge in [-0.1, -0.05) is 19.1 Å². The third-order valence-electron chi connectivity index (χ3n) is 3.94. The lowest BCUT2D eigenvalue weighted by Gasteiger charge is -2.23. The molecule has 1 aliphatic heterocycles. The fourth-order valence-corrected chi connectivity index (χ4v) is 2.99. The van der Waals surface area contributed by atoms with Gasteiger partial charge in [0.05, 0.1) is 5.92 Å². The van der Waals surface area contributed by atoms with Gasteiger partial charge in [0.1, 0.15) is 0 Å². The lowest BCUT2D eigenvalue weighted by atomic mass is 10.1. The smallest absolute Gasteiger partial charge is 0.243 e. The zero-order valence-electron chi connectivity index (χ0n) is 15.2. The molecule has 0 aliphatic carbocycles. The molecule has 3 N–H and O–H groups in total. The summed E-state index contributed by atoms with van der Waals surface area (Å²) in [6, 6.07) is 7.87. The fourth-order valence-electron chi connectivity index (χ4n) is 2.64. The molecule has 1 heterocycles. The second kappa shape index (κ2) is 7.82. The van der Waals surface area contributed by atoms with Crippen LogP contribution in [0.4, 0.5) is 5.69 Å². The molecule has 2 amide bonds. The normalized spacial score (nSPS) is 17.4. The molecule has 1 fully saturated rings. The van der Waals surface area contributed by atoms with Gasteiger partial charge < -0.3 is 10.2 Å². The Bertz CT molecular complexity index is 652. The molecule has 136 valence electrons. The highest BCUT2D eigenvalue weighted by molar-refractivity contribution is 7.80. The first kappa shape index (κ1) is 19.2. The molecule has 0 spiro atoms. The SMILES string of the molecule is CCc1ccc(N2C[C@@H](C(=O)NNC(=S)NC(C)(C)C)CC2=O)cc1. The van der Waals surface area contributed by atoms with Gasteiger partial charge in [0.25, 0.3) is 0 Å². The molecule has 1 aromatic rings. The molecule has 6 nitrogen and oxygen atoms in total. The summed E-state index contributed by atoms with van der Waals surface area (Å²) in [5, 5.41) is 3.39. The lowest BCUT2D eigenvalue weighted by Crippen LogP contribution is -2.53. The third kappa shape index (κ3) is 5.42. The van der Waals surface area contributed by atoms with E-state index in [-0.39, 0.29) is 23.8 Å². The zero-order valence-corrected chi connectivity index (χ0v) is 16.0. The average molecular weight is 362 g/mol. The molecule has 1 saturated heterocycles. The molecular formula is C18H26N4O2S. The number of hydrazine groups is 1. The summed E-state index contributed by atoms with van der Waals surface area (Å²) in [6.45, 7) is 8.38. The lowest BCUT2D eigenvalue weighted by molar-refractivity contribution is -0.126. The van der Waals surface area contributed by atoms with E-state index >= 15 is 0 Å². The van der Waals surface area contributed by atoms with Gasteiger partial charge in [-0.05, 0) is 57.1 Å². The number of anilines is 1.